The molecule has 0 aromatic heterocycles. The van der Waals surface area contributed by atoms with Crippen molar-refractivity contribution >= 4 is 5.71 Å². The Kier molecular flexibility index (Phi) is 8.92. The summed E-state index contributed by atoms with van der Waals surface area (Å²) in [6.45, 7) is 5.82. The molecule has 6 heteroatoms. The monoisotopic (exact) mass is 528 g/mol. The van der Waals surface area contributed by atoms with Crippen molar-refractivity contribution in [1.82, 2.24) is 5.01 Å². The molecule has 3 aromatic rings. The molecule has 0 bridgehead atoms. The second kappa shape index (κ2) is 12.9. The smallest absolute Gasteiger partial charge is 0.214 e. The van der Waals surface area contributed by atoms with Gasteiger partial charge in [-0.05, 0) is 66.9 Å². The maximum atomic E-state index is 6.56. The van der Waals surface area contributed by atoms with Gasteiger partial charge in [-0.15, -0.1) is 0 Å². The van der Waals surface area contributed by atoms with E-state index in [2.05, 4.69) is 49.2 Å². The second-order valence-electron chi connectivity index (χ2n) is 10.2. The third kappa shape index (κ3) is 6.16. The van der Waals surface area contributed by atoms with E-state index in [-0.39, 0.29) is 12.3 Å². The van der Waals surface area contributed by atoms with Gasteiger partial charge in [-0.25, -0.2) is 5.01 Å². The summed E-state index contributed by atoms with van der Waals surface area (Å²) >= 11 is 0. The Morgan fingerprint density at radius 2 is 1.64 bits per heavy atom. The highest BCUT2D eigenvalue weighted by molar-refractivity contribution is 6.02. The fourth-order valence-corrected chi connectivity index (χ4v) is 5.17. The molecule has 0 N–H and O–H groups in total. The predicted molar refractivity (Wildman–Crippen MR) is 155 cm³/mol. The SMILES string of the molecule is CCCCCCOc1ccc(C2Oc3ccccc3C3CC(c4ccc(OCCCC)cc4)=NN32)cc1OC. The minimum atomic E-state index is -0.369. The predicted octanol–water partition coefficient (Wildman–Crippen LogP) is 8.08. The zero-order valence-electron chi connectivity index (χ0n) is 23.4. The number of hydrazone groups is 1. The lowest BCUT2D eigenvalue weighted by atomic mass is 9.96. The Morgan fingerprint density at radius 3 is 2.44 bits per heavy atom. The topological polar surface area (TPSA) is 52.5 Å². The highest BCUT2D eigenvalue weighted by Crippen LogP contribution is 2.48. The molecule has 5 rings (SSSR count). The number of methoxy groups -OCH3 is 1. The van der Waals surface area contributed by atoms with Crippen molar-refractivity contribution < 1.29 is 18.9 Å². The molecule has 2 unspecified atom stereocenters. The number of benzene rings is 3. The average molecular weight is 529 g/mol. The molecular weight excluding hydrogens is 488 g/mol. The van der Waals surface area contributed by atoms with Gasteiger partial charge in [-0.1, -0.05) is 57.7 Å². The van der Waals surface area contributed by atoms with Gasteiger partial charge in [0.05, 0.1) is 32.1 Å². The van der Waals surface area contributed by atoms with Crippen LogP contribution in [0.25, 0.3) is 0 Å². The van der Waals surface area contributed by atoms with E-state index in [1.807, 2.05) is 36.4 Å². The third-order valence-electron chi connectivity index (χ3n) is 7.38. The lowest BCUT2D eigenvalue weighted by Gasteiger charge is -2.38. The van der Waals surface area contributed by atoms with Crippen LogP contribution in [-0.4, -0.2) is 31.0 Å². The first-order valence-electron chi connectivity index (χ1n) is 14.4. The summed E-state index contributed by atoms with van der Waals surface area (Å²) < 4.78 is 24.2. The van der Waals surface area contributed by atoms with E-state index in [1.54, 1.807) is 7.11 Å². The Balaban J connectivity index is 1.38. The first kappa shape index (κ1) is 26.9. The molecule has 6 nitrogen and oxygen atoms in total. The molecule has 0 radical (unpaired) electrons. The molecule has 206 valence electrons. The van der Waals surface area contributed by atoms with Crippen LogP contribution in [0.2, 0.25) is 0 Å². The Labute approximate surface area is 232 Å². The van der Waals surface area contributed by atoms with Crippen LogP contribution in [0.1, 0.15) is 87.8 Å². The van der Waals surface area contributed by atoms with Crippen LogP contribution < -0.4 is 18.9 Å². The Hall–Kier alpha value is -3.67. The number of unbranched alkanes of at least 4 members (excludes halogenated alkanes) is 4. The normalized spacial score (nSPS) is 17.6. The van der Waals surface area contributed by atoms with Gasteiger partial charge in [-0.3, -0.25) is 0 Å². The largest absolute Gasteiger partial charge is 0.494 e. The Morgan fingerprint density at radius 1 is 0.846 bits per heavy atom. The van der Waals surface area contributed by atoms with E-state index in [1.165, 1.54) is 19.3 Å². The fourth-order valence-electron chi connectivity index (χ4n) is 5.17. The van der Waals surface area contributed by atoms with E-state index in [9.17, 15) is 0 Å². The van der Waals surface area contributed by atoms with Crippen molar-refractivity contribution in [3.8, 4) is 23.0 Å². The maximum Gasteiger partial charge on any atom is 0.214 e. The number of para-hydroxylation sites is 1. The summed E-state index contributed by atoms with van der Waals surface area (Å²) in [4.78, 5) is 0. The number of nitrogens with zero attached hydrogens (tertiary/aromatic N) is 2. The summed E-state index contributed by atoms with van der Waals surface area (Å²) in [5.41, 5.74) is 4.29. The summed E-state index contributed by atoms with van der Waals surface area (Å²) in [5.74, 6) is 3.27. The standard InChI is InChI=1S/C33H40N2O4/c1-4-6-8-11-21-38-31-19-16-25(22-32(31)36-3)33-35-29(27-12-9-10-13-30(27)39-33)23-28(34-35)24-14-17-26(18-15-24)37-20-7-5-2/h9-10,12-19,22,29,33H,4-8,11,20-21,23H2,1-3H3. The minimum absolute atomic E-state index is 0.0934. The fraction of sp³-hybridized carbons (Fsp3) is 0.424. The highest BCUT2D eigenvalue weighted by Gasteiger charge is 2.41. The lowest BCUT2D eigenvalue weighted by molar-refractivity contribution is -0.0191. The first-order chi connectivity index (χ1) is 19.2. The minimum Gasteiger partial charge on any atom is -0.494 e. The third-order valence-corrected chi connectivity index (χ3v) is 7.38. The van der Waals surface area contributed by atoms with Gasteiger partial charge >= 0.3 is 0 Å². The van der Waals surface area contributed by atoms with Gasteiger partial charge < -0.3 is 18.9 Å². The number of fused-ring (bicyclic) bond motifs is 3. The van der Waals surface area contributed by atoms with E-state index in [0.29, 0.717) is 12.4 Å². The molecule has 2 atom stereocenters. The zero-order valence-corrected chi connectivity index (χ0v) is 23.4. The van der Waals surface area contributed by atoms with Crippen molar-refractivity contribution in [3.05, 3.63) is 83.4 Å². The molecule has 0 fully saturated rings. The number of rotatable bonds is 13. The van der Waals surface area contributed by atoms with Crippen molar-refractivity contribution in [2.45, 2.75) is 71.1 Å². The summed E-state index contributed by atoms with van der Waals surface area (Å²) in [7, 11) is 1.69. The van der Waals surface area contributed by atoms with Gasteiger partial charge in [0.1, 0.15) is 11.5 Å². The lowest BCUT2D eigenvalue weighted by Crippen LogP contribution is -2.33. The molecule has 39 heavy (non-hydrogen) atoms. The first-order valence-corrected chi connectivity index (χ1v) is 14.4. The van der Waals surface area contributed by atoms with Crippen LogP contribution in [0.5, 0.6) is 23.0 Å². The molecule has 0 aliphatic carbocycles. The van der Waals surface area contributed by atoms with E-state index in [0.717, 1.165) is 71.9 Å². The molecule has 2 aliphatic rings. The molecular formula is C33H40N2O4. The van der Waals surface area contributed by atoms with Crippen molar-refractivity contribution in [2.75, 3.05) is 20.3 Å². The number of hydrogen-bond donors (Lipinski definition) is 0. The van der Waals surface area contributed by atoms with Crippen LogP contribution in [0.3, 0.4) is 0 Å². The zero-order chi connectivity index (χ0) is 27.0. The van der Waals surface area contributed by atoms with Crippen LogP contribution in [0.4, 0.5) is 0 Å². The maximum absolute atomic E-state index is 6.56. The van der Waals surface area contributed by atoms with Crippen LogP contribution in [0.15, 0.2) is 71.8 Å². The van der Waals surface area contributed by atoms with E-state index in [4.69, 9.17) is 24.0 Å². The summed E-state index contributed by atoms with van der Waals surface area (Å²) in [5, 5.41) is 7.21. The van der Waals surface area contributed by atoms with Gasteiger partial charge in [0.15, 0.2) is 11.5 Å². The van der Waals surface area contributed by atoms with Gasteiger partial charge in [-0.2, -0.15) is 5.10 Å². The summed E-state index contributed by atoms with van der Waals surface area (Å²) in [6, 6.07) is 22.7. The summed E-state index contributed by atoms with van der Waals surface area (Å²) in [6.07, 6.45) is 7.28. The quantitative estimate of drug-likeness (QED) is 0.210. The average Bonchev–Trinajstić information content (AvgIpc) is 3.43. The van der Waals surface area contributed by atoms with Crippen molar-refractivity contribution in [2.24, 2.45) is 5.10 Å². The molecule has 2 aliphatic heterocycles. The van der Waals surface area contributed by atoms with Crippen molar-refractivity contribution in [1.29, 1.82) is 0 Å². The second-order valence-corrected chi connectivity index (χ2v) is 10.2. The van der Waals surface area contributed by atoms with Crippen LogP contribution >= 0.6 is 0 Å². The molecule has 0 saturated heterocycles. The van der Waals surface area contributed by atoms with Gasteiger partial charge in [0, 0.05) is 17.5 Å². The van der Waals surface area contributed by atoms with Gasteiger partial charge in [0.25, 0.3) is 0 Å². The molecule has 0 amide bonds. The highest BCUT2D eigenvalue weighted by atomic mass is 16.5. The van der Waals surface area contributed by atoms with E-state index < -0.39 is 0 Å². The molecule has 0 spiro atoms. The van der Waals surface area contributed by atoms with Crippen LogP contribution in [0, 0.1) is 0 Å². The Bertz CT molecular complexity index is 1260. The van der Waals surface area contributed by atoms with Gasteiger partial charge in [0.2, 0.25) is 6.23 Å². The molecule has 3 aromatic carbocycles. The number of hydrogen-bond acceptors (Lipinski definition) is 6. The molecule has 2 heterocycles. The number of ether oxygens (including phenoxy) is 4. The van der Waals surface area contributed by atoms with Crippen LogP contribution in [-0.2, 0) is 0 Å². The van der Waals surface area contributed by atoms with E-state index >= 15 is 0 Å². The van der Waals surface area contributed by atoms with Crippen molar-refractivity contribution in [3.63, 3.8) is 0 Å². The molecule has 0 saturated carbocycles.